The third-order valence-electron chi connectivity index (χ3n) is 15.5. The van der Waals surface area contributed by atoms with Crippen molar-refractivity contribution < 1.29 is 42.1 Å². The standard InChI is InChI=1S/C78H136NO8P/c1-6-8-10-12-14-16-18-20-22-24-26-28-30-32-34-35-36-37-38-39-40-41-42-43-45-47-49-51-53-55-57-59-61-63-65-67-69-71-78(81)87-76(75-86-88(82,83)85-73-72-79(3,4)5)74-84-77(80)70-68-66-64-62-60-58-56-54-52-50-48-46-44-33-31-29-27-25-23-21-19-17-15-13-11-9-7-2/h8,10,14,16,19-22,25-28,32,34,36-37,39-40,42-43,76H,6-7,9,11-13,15,17-18,23-24,29-31,33,35,38,41,44-75H2,1-5H3/b10-8-,16-14-,21-19-,22-20-,27-25-,28-26-,34-32-,37-36-,40-39-,43-42-. The van der Waals surface area contributed by atoms with Crippen molar-refractivity contribution in [3.8, 4) is 0 Å². The molecular weight excluding hydrogens is 1110 g/mol. The summed E-state index contributed by atoms with van der Waals surface area (Å²) >= 11 is 0. The fourth-order valence-corrected chi connectivity index (χ4v) is 10.7. The zero-order valence-electron chi connectivity index (χ0n) is 57.6. The van der Waals surface area contributed by atoms with Gasteiger partial charge in [0.25, 0.3) is 7.82 Å². The van der Waals surface area contributed by atoms with Gasteiger partial charge in [-0.25, -0.2) is 0 Å². The molecular formula is C78H136NO8P. The molecule has 506 valence electrons. The Hall–Kier alpha value is -3.59. The third-order valence-corrected chi connectivity index (χ3v) is 16.4. The highest BCUT2D eigenvalue weighted by atomic mass is 31.2. The lowest BCUT2D eigenvalue weighted by atomic mass is 10.0. The van der Waals surface area contributed by atoms with Crippen LogP contribution in [0.25, 0.3) is 0 Å². The summed E-state index contributed by atoms with van der Waals surface area (Å²) < 4.78 is 34.3. The van der Waals surface area contributed by atoms with Crippen molar-refractivity contribution in [2.24, 2.45) is 0 Å². The molecule has 2 atom stereocenters. The van der Waals surface area contributed by atoms with Gasteiger partial charge >= 0.3 is 11.9 Å². The number of likely N-dealkylation sites (N-methyl/N-ethyl adjacent to an activating group) is 1. The first-order valence-corrected chi connectivity index (χ1v) is 37.7. The SMILES string of the molecule is CC/C=C\C/C=C\C/C=C\C/C=C\C/C=C\C/C=C\C/C=C\C/C=C\CCCCCCCCCCCCCCC(=O)OC(COC(=O)CCCCCCCCCCCCCCCCC/C=C\C/C=C\CCCCCCC)COP(=O)([O-])OCC[N+](C)(C)C. The van der Waals surface area contributed by atoms with E-state index in [2.05, 4.69) is 135 Å². The average molecular weight is 1250 g/mol. The highest BCUT2D eigenvalue weighted by Crippen LogP contribution is 2.38. The monoisotopic (exact) mass is 1250 g/mol. The van der Waals surface area contributed by atoms with Crippen molar-refractivity contribution in [2.45, 2.75) is 315 Å². The van der Waals surface area contributed by atoms with Crippen LogP contribution in [0.4, 0.5) is 0 Å². The Bertz CT molecular complexity index is 1900. The summed E-state index contributed by atoms with van der Waals surface area (Å²) in [7, 11) is 1.16. The minimum atomic E-state index is -4.65. The van der Waals surface area contributed by atoms with Crippen molar-refractivity contribution >= 4 is 19.8 Å². The van der Waals surface area contributed by atoms with Crippen LogP contribution in [-0.2, 0) is 32.7 Å². The Kier molecular flexibility index (Phi) is 65.0. The van der Waals surface area contributed by atoms with E-state index in [4.69, 9.17) is 18.5 Å². The number of allylic oxidation sites excluding steroid dienone is 20. The molecule has 2 unspecified atom stereocenters. The molecule has 0 amide bonds. The van der Waals surface area contributed by atoms with Crippen molar-refractivity contribution in [3.63, 3.8) is 0 Å². The molecule has 0 saturated heterocycles. The number of hydrogen-bond donors (Lipinski definition) is 0. The van der Waals surface area contributed by atoms with Crippen molar-refractivity contribution in [1.82, 2.24) is 0 Å². The van der Waals surface area contributed by atoms with E-state index in [9.17, 15) is 19.0 Å². The molecule has 0 saturated carbocycles. The Morgan fingerprint density at radius 3 is 0.966 bits per heavy atom. The van der Waals surface area contributed by atoms with Crippen LogP contribution >= 0.6 is 7.82 Å². The number of nitrogens with zero attached hydrogens (tertiary/aromatic N) is 1. The zero-order valence-corrected chi connectivity index (χ0v) is 58.5. The molecule has 0 spiro atoms. The molecule has 9 nitrogen and oxygen atoms in total. The van der Waals surface area contributed by atoms with Crippen LogP contribution in [0.15, 0.2) is 122 Å². The third kappa shape index (κ3) is 71.5. The lowest BCUT2D eigenvalue weighted by Crippen LogP contribution is -2.37. The zero-order chi connectivity index (χ0) is 64.1. The van der Waals surface area contributed by atoms with Crippen LogP contribution in [0.1, 0.15) is 309 Å². The molecule has 10 heteroatoms. The van der Waals surface area contributed by atoms with Crippen LogP contribution < -0.4 is 4.89 Å². The van der Waals surface area contributed by atoms with E-state index in [1.807, 2.05) is 21.1 Å². The summed E-state index contributed by atoms with van der Waals surface area (Å²) in [6.07, 6.45) is 97.1. The number of quaternary nitrogens is 1. The average Bonchev–Trinajstić information content (AvgIpc) is 3.68. The van der Waals surface area contributed by atoms with E-state index >= 15 is 0 Å². The number of phosphoric acid groups is 1. The predicted molar refractivity (Wildman–Crippen MR) is 378 cm³/mol. The quantitative estimate of drug-likeness (QED) is 0.0195. The fourth-order valence-electron chi connectivity index (χ4n) is 9.94. The number of ether oxygens (including phenoxy) is 2. The van der Waals surface area contributed by atoms with Gasteiger partial charge in [0.1, 0.15) is 19.8 Å². The highest BCUT2D eigenvalue weighted by molar-refractivity contribution is 7.45. The first kappa shape index (κ1) is 84.4. The van der Waals surface area contributed by atoms with Gasteiger partial charge in [0.05, 0.1) is 27.7 Å². The summed E-state index contributed by atoms with van der Waals surface area (Å²) in [6, 6.07) is 0. The molecule has 0 N–H and O–H groups in total. The van der Waals surface area contributed by atoms with Gasteiger partial charge < -0.3 is 27.9 Å². The Morgan fingerprint density at radius 1 is 0.364 bits per heavy atom. The van der Waals surface area contributed by atoms with Crippen LogP contribution in [0, 0.1) is 0 Å². The molecule has 88 heavy (non-hydrogen) atoms. The summed E-state index contributed by atoms with van der Waals surface area (Å²) in [5.41, 5.74) is 0. The predicted octanol–water partition coefficient (Wildman–Crippen LogP) is 23.2. The second-order valence-electron chi connectivity index (χ2n) is 25.2. The van der Waals surface area contributed by atoms with Gasteiger partial charge in [-0.15, -0.1) is 0 Å². The van der Waals surface area contributed by atoms with Crippen LogP contribution in [0.5, 0.6) is 0 Å². The van der Waals surface area contributed by atoms with E-state index in [0.717, 1.165) is 96.3 Å². The van der Waals surface area contributed by atoms with Crippen molar-refractivity contribution in [1.29, 1.82) is 0 Å². The Labute approximate surface area is 543 Å². The minimum absolute atomic E-state index is 0.0350. The van der Waals surface area contributed by atoms with Gasteiger partial charge in [-0.3, -0.25) is 14.2 Å². The maximum absolute atomic E-state index is 12.9. The molecule has 0 aromatic rings. The van der Waals surface area contributed by atoms with Gasteiger partial charge in [-0.05, 0) is 109 Å². The lowest BCUT2D eigenvalue weighted by Gasteiger charge is -2.28. The Morgan fingerprint density at radius 2 is 0.648 bits per heavy atom. The summed E-state index contributed by atoms with van der Waals surface area (Å²) in [5.74, 6) is -0.831. The molecule has 0 rings (SSSR count). The molecule has 0 aromatic heterocycles. The van der Waals surface area contributed by atoms with Gasteiger partial charge in [-0.1, -0.05) is 309 Å². The first-order valence-electron chi connectivity index (χ1n) is 36.2. The van der Waals surface area contributed by atoms with E-state index in [1.54, 1.807) is 0 Å². The van der Waals surface area contributed by atoms with Crippen molar-refractivity contribution in [2.75, 3.05) is 47.5 Å². The van der Waals surface area contributed by atoms with Gasteiger partial charge in [0.2, 0.25) is 0 Å². The van der Waals surface area contributed by atoms with E-state index in [1.165, 1.54) is 180 Å². The van der Waals surface area contributed by atoms with Crippen molar-refractivity contribution in [3.05, 3.63) is 122 Å². The lowest BCUT2D eigenvalue weighted by molar-refractivity contribution is -0.870. The number of carbonyl (C=O) groups is 2. The Balaban J connectivity index is 4.06. The number of phosphoric ester groups is 1. The molecule has 0 heterocycles. The molecule has 0 aliphatic heterocycles. The largest absolute Gasteiger partial charge is 0.756 e. The fraction of sp³-hybridized carbons (Fsp3) is 0.718. The topological polar surface area (TPSA) is 111 Å². The number of esters is 2. The molecule has 0 fully saturated rings. The number of carbonyl (C=O) groups excluding carboxylic acids is 2. The first-order chi connectivity index (χ1) is 43.0. The number of hydrogen-bond acceptors (Lipinski definition) is 8. The summed E-state index contributed by atoms with van der Waals surface area (Å²) in [5, 5.41) is 0. The van der Waals surface area contributed by atoms with Gasteiger partial charge in [0.15, 0.2) is 6.10 Å². The maximum atomic E-state index is 12.9. The van der Waals surface area contributed by atoms with E-state index in [-0.39, 0.29) is 32.0 Å². The molecule has 0 aliphatic rings. The van der Waals surface area contributed by atoms with Crippen LogP contribution in [-0.4, -0.2) is 70.0 Å². The van der Waals surface area contributed by atoms with Gasteiger partial charge in [-0.2, -0.15) is 0 Å². The molecule has 0 bridgehead atoms. The minimum Gasteiger partial charge on any atom is -0.756 e. The highest BCUT2D eigenvalue weighted by Gasteiger charge is 2.22. The number of unbranched alkanes of at least 4 members (excludes halogenated alkanes) is 32. The molecule has 0 aromatic carbocycles. The maximum Gasteiger partial charge on any atom is 0.306 e. The number of rotatable bonds is 66. The molecule has 0 aliphatic carbocycles. The molecule has 0 radical (unpaired) electrons. The second kappa shape index (κ2) is 67.8. The van der Waals surface area contributed by atoms with Gasteiger partial charge in [0, 0.05) is 12.8 Å². The smallest absolute Gasteiger partial charge is 0.306 e. The summed E-state index contributed by atoms with van der Waals surface area (Å²) in [4.78, 5) is 38.1. The van der Waals surface area contributed by atoms with Crippen LogP contribution in [0.3, 0.4) is 0 Å². The summed E-state index contributed by atoms with van der Waals surface area (Å²) in [6.45, 7) is 4.14. The normalized spacial score (nSPS) is 13.8. The van der Waals surface area contributed by atoms with E-state index in [0.29, 0.717) is 17.4 Å². The van der Waals surface area contributed by atoms with Crippen LogP contribution in [0.2, 0.25) is 0 Å². The second-order valence-corrected chi connectivity index (χ2v) is 26.6. The van der Waals surface area contributed by atoms with E-state index < -0.39 is 26.5 Å².